The standard InChI is InChI=1S/C11H11IN4OS/c1-17-10-7(3-2-4-8(10)12)5-14-16-11-15-9(13)6-18-11/h2-6H,13H2,1H3,(H,15,16). The highest BCUT2D eigenvalue weighted by molar-refractivity contribution is 14.1. The van der Waals surface area contributed by atoms with Crippen molar-refractivity contribution in [3.63, 3.8) is 0 Å². The minimum absolute atomic E-state index is 0.490. The van der Waals surface area contributed by atoms with E-state index in [1.165, 1.54) is 11.3 Å². The summed E-state index contributed by atoms with van der Waals surface area (Å²) < 4.78 is 6.36. The number of anilines is 2. The fourth-order valence-electron chi connectivity index (χ4n) is 1.34. The average molecular weight is 374 g/mol. The molecule has 0 fully saturated rings. The second-order valence-electron chi connectivity index (χ2n) is 3.31. The normalized spacial score (nSPS) is 10.8. The third-order valence-electron chi connectivity index (χ3n) is 2.09. The van der Waals surface area contributed by atoms with Crippen molar-refractivity contribution in [1.29, 1.82) is 0 Å². The molecule has 0 aliphatic heterocycles. The first kappa shape index (κ1) is 13.1. The number of methoxy groups -OCH3 is 1. The van der Waals surface area contributed by atoms with Crippen molar-refractivity contribution in [2.75, 3.05) is 18.3 Å². The Kier molecular flexibility index (Phi) is 4.37. The second kappa shape index (κ2) is 6.01. The van der Waals surface area contributed by atoms with Crippen LogP contribution in [-0.2, 0) is 0 Å². The highest BCUT2D eigenvalue weighted by atomic mass is 127. The van der Waals surface area contributed by atoms with Crippen LogP contribution in [0.15, 0.2) is 28.7 Å². The monoisotopic (exact) mass is 374 g/mol. The number of nitrogens with zero attached hydrogens (tertiary/aromatic N) is 2. The van der Waals surface area contributed by atoms with E-state index >= 15 is 0 Å². The number of benzene rings is 1. The van der Waals surface area contributed by atoms with E-state index < -0.39 is 0 Å². The van der Waals surface area contributed by atoms with Gasteiger partial charge in [-0.3, -0.25) is 5.43 Å². The summed E-state index contributed by atoms with van der Waals surface area (Å²) in [5, 5.41) is 6.52. The van der Waals surface area contributed by atoms with E-state index in [-0.39, 0.29) is 0 Å². The zero-order valence-electron chi connectivity index (χ0n) is 9.55. The first-order valence-electron chi connectivity index (χ1n) is 5.03. The van der Waals surface area contributed by atoms with Crippen LogP contribution in [0.3, 0.4) is 0 Å². The number of thiazole rings is 1. The Labute approximate surface area is 122 Å². The number of hydrazone groups is 1. The molecule has 1 aromatic heterocycles. The second-order valence-corrected chi connectivity index (χ2v) is 5.33. The molecule has 0 saturated carbocycles. The molecule has 7 heteroatoms. The number of rotatable bonds is 4. The lowest BCUT2D eigenvalue weighted by atomic mass is 10.2. The lowest BCUT2D eigenvalue weighted by molar-refractivity contribution is 0.411. The summed E-state index contributed by atoms with van der Waals surface area (Å²) in [5.41, 5.74) is 9.24. The molecule has 1 aromatic carbocycles. The molecule has 0 saturated heterocycles. The van der Waals surface area contributed by atoms with Gasteiger partial charge in [0.15, 0.2) is 0 Å². The molecule has 0 atom stereocenters. The van der Waals surface area contributed by atoms with Gasteiger partial charge in [0.25, 0.3) is 0 Å². The van der Waals surface area contributed by atoms with Gasteiger partial charge < -0.3 is 10.5 Å². The Bertz CT molecular complexity index is 570. The Morgan fingerprint density at radius 3 is 3.06 bits per heavy atom. The van der Waals surface area contributed by atoms with Crippen molar-refractivity contribution in [2.24, 2.45) is 5.10 Å². The van der Waals surface area contributed by atoms with Gasteiger partial charge in [0.05, 0.1) is 16.9 Å². The molecule has 0 unspecified atom stereocenters. The van der Waals surface area contributed by atoms with Crippen LogP contribution in [0.5, 0.6) is 5.75 Å². The number of aromatic nitrogens is 1. The Morgan fingerprint density at radius 2 is 2.39 bits per heavy atom. The first-order chi connectivity index (χ1) is 8.70. The highest BCUT2D eigenvalue weighted by Gasteiger charge is 2.04. The Balaban J connectivity index is 2.11. The SMILES string of the molecule is COc1c(I)cccc1C=NNc1nc(N)cs1. The maximum Gasteiger partial charge on any atom is 0.205 e. The Morgan fingerprint density at radius 1 is 1.56 bits per heavy atom. The number of halogens is 1. The smallest absolute Gasteiger partial charge is 0.205 e. The molecule has 5 nitrogen and oxygen atoms in total. The van der Waals surface area contributed by atoms with Crippen LogP contribution in [0.4, 0.5) is 10.9 Å². The van der Waals surface area contributed by atoms with Crippen LogP contribution >= 0.6 is 33.9 Å². The summed E-state index contributed by atoms with van der Waals surface area (Å²) in [6, 6.07) is 5.86. The third-order valence-corrected chi connectivity index (χ3v) is 3.70. The van der Waals surface area contributed by atoms with Crippen molar-refractivity contribution < 1.29 is 4.74 Å². The number of ether oxygens (including phenoxy) is 1. The summed E-state index contributed by atoms with van der Waals surface area (Å²) in [4.78, 5) is 4.04. The summed E-state index contributed by atoms with van der Waals surface area (Å²) in [6.45, 7) is 0. The molecular weight excluding hydrogens is 363 g/mol. The van der Waals surface area contributed by atoms with Crippen molar-refractivity contribution in [2.45, 2.75) is 0 Å². The molecule has 0 aliphatic carbocycles. The van der Waals surface area contributed by atoms with Gasteiger partial charge in [-0.2, -0.15) is 5.10 Å². The first-order valence-corrected chi connectivity index (χ1v) is 6.99. The fourth-order valence-corrected chi connectivity index (χ4v) is 2.62. The van der Waals surface area contributed by atoms with Gasteiger partial charge in [-0.1, -0.05) is 6.07 Å². The predicted molar refractivity (Wildman–Crippen MR) is 83.5 cm³/mol. The Hall–Kier alpha value is -1.35. The quantitative estimate of drug-likeness (QED) is 0.491. The van der Waals surface area contributed by atoms with Crippen LogP contribution in [0.25, 0.3) is 0 Å². The van der Waals surface area contributed by atoms with E-state index in [4.69, 9.17) is 10.5 Å². The minimum Gasteiger partial charge on any atom is -0.495 e. The van der Waals surface area contributed by atoms with Crippen LogP contribution in [0.2, 0.25) is 0 Å². The van der Waals surface area contributed by atoms with Gasteiger partial charge in [-0.05, 0) is 34.7 Å². The maximum absolute atomic E-state index is 5.51. The van der Waals surface area contributed by atoms with E-state index in [2.05, 4.69) is 38.1 Å². The van der Waals surface area contributed by atoms with Crippen LogP contribution in [0.1, 0.15) is 5.56 Å². The van der Waals surface area contributed by atoms with E-state index in [0.29, 0.717) is 10.9 Å². The molecule has 0 aliphatic rings. The summed E-state index contributed by atoms with van der Waals surface area (Å²) in [7, 11) is 1.64. The number of para-hydroxylation sites is 1. The van der Waals surface area contributed by atoms with Crippen molar-refractivity contribution in [3.05, 3.63) is 32.7 Å². The van der Waals surface area contributed by atoms with E-state index in [1.807, 2.05) is 18.2 Å². The number of nitrogens with one attached hydrogen (secondary N) is 1. The largest absolute Gasteiger partial charge is 0.495 e. The molecule has 2 aromatic rings. The van der Waals surface area contributed by atoms with E-state index in [1.54, 1.807) is 18.7 Å². The zero-order chi connectivity index (χ0) is 13.0. The average Bonchev–Trinajstić information content (AvgIpc) is 2.75. The number of nitrogens with two attached hydrogens (primary N) is 1. The van der Waals surface area contributed by atoms with Crippen LogP contribution < -0.4 is 15.9 Å². The van der Waals surface area contributed by atoms with Gasteiger partial charge in [-0.25, -0.2) is 4.98 Å². The number of hydrogen-bond acceptors (Lipinski definition) is 6. The zero-order valence-corrected chi connectivity index (χ0v) is 12.5. The summed E-state index contributed by atoms with van der Waals surface area (Å²) >= 11 is 3.62. The van der Waals surface area contributed by atoms with Crippen molar-refractivity contribution in [3.8, 4) is 5.75 Å². The van der Waals surface area contributed by atoms with E-state index in [9.17, 15) is 0 Å². The molecule has 0 amide bonds. The van der Waals surface area contributed by atoms with Gasteiger partial charge in [-0.15, -0.1) is 11.3 Å². The van der Waals surface area contributed by atoms with Gasteiger partial charge in [0, 0.05) is 10.9 Å². The van der Waals surface area contributed by atoms with Gasteiger partial charge in [0.2, 0.25) is 5.13 Å². The third kappa shape index (κ3) is 3.10. The minimum atomic E-state index is 0.490. The molecule has 0 bridgehead atoms. The molecule has 1 heterocycles. The molecule has 0 radical (unpaired) electrons. The van der Waals surface area contributed by atoms with E-state index in [0.717, 1.165) is 14.9 Å². The lowest BCUT2D eigenvalue weighted by Crippen LogP contribution is -1.95. The molecule has 2 rings (SSSR count). The maximum atomic E-state index is 5.51. The molecular formula is C11H11IN4OS. The lowest BCUT2D eigenvalue weighted by Gasteiger charge is -2.05. The van der Waals surface area contributed by atoms with Gasteiger partial charge >= 0.3 is 0 Å². The van der Waals surface area contributed by atoms with Crippen molar-refractivity contribution >= 4 is 51.1 Å². The highest BCUT2D eigenvalue weighted by Crippen LogP contribution is 2.24. The fraction of sp³-hybridized carbons (Fsp3) is 0.0909. The molecule has 94 valence electrons. The van der Waals surface area contributed by atoms with Crippen LogP contribution in [0, 0.1) is 3.57 Å². The molecule has 18 heavy (non-hydrogen) atoms. The van der Waals surface area contributed by atoms with Gasteiger partial charge in [0.1, 0.15) is 11.6 Å². The topological polar surface area (TPSA) is 72.5 Å². The molecule has 3 N–H and O–H groups in total. The predicted octanol–water partition coefficient (Wildman–Crippen LogP) is 2.78. The number of hydrogen-bond donors (Lipinski definition) is 2. The number of nitrogen functional groups attached to an aromatic ring is 1. The molecule has 0 spiro atoms. The van der Waals surface area contributed by atoms with Crippen LogP contribution in [-0.4, -0.2) is 18.3 Å². The summed E-state index contributed by atoms with van der Waals surface area (Å²) in [6.07, 6.45) is 1.69. The summed E-state index contributed by atoms with van der Waals surface area (Å²) in [5.74, 6) is 1.30. The van der Waals surface area contributed by atoms with Crippen molar-refractivity contribution in [1.82, 2.24) is 4.98 Å².